The lowest BCUT2D eigenvalue weighted by Crippen LogP contribution is -2.65. The standard InChI is InChI=1S/C29H53NO7/c1-4-6-7-8-9-10-11-12-13-14-15-16-17-18-19-20-25(33)37-28-26(30-23(3)32)29(35-21-5-2)36-24(22-31)27(28)34/h5,24,26-29,31,34H,2,4,6-22H2,1,3H3,(H,30,32)/t24-,26-,27-,28-,29+/m1/s1. The first kappa shape index (κ1) is 33.5. The van der Waals surface area contributed by atoms with Crippen LogP contribution in [0.4, 0.5) is 0 Å². The quantitative estimate of drug-likeness (QED) is 0.104. The molecular weight excluding hydrogens is 474 g/mol. The third-order valence-corrected chi connectivity index (χ3v) is 6.85. The average Bonchev–Trinajstić information content (AvgIpc) is 2.87. The summed E-state index contributed by atoms with van der Waals surface area (Å²) in [7, 11) is 0. The second kappa shape index (κ2) is 21.5. The number of hydrogen-bond acceptors (Lipinski definition) is 7. The lowest BCUT2D eigenvalue weighted by molar-refractivity contribution is -0.271. The van der Waals surface area contributed by atoms with E-state index in [2.05, 4.69) is 18.8 Å². The minimum atomic E-state index is -1.30. The van der Waals surface area contributed by atoms with Gasteiger partial charge in [-0.3, -0.25) is 9.59 Å². The summed E-state index contributed by atoms with van der Waals surface area (Å²) in [6.45, 7) is 6.83. The molecule has 0 saturated carbocycles. The summed E-state index contributed by atoms with van der Waals surface area (Å²) in [5, 5.41) is 22.9. The predicted octanol–water partition coefficient (Wildman–Crippen LogP) is 4.95. The van der Waals surface area contributed by atoms with Crippen molar-refractivity contribution < 1.29 is 34.0 Å². The van der Waals surface area contributed by atoms with E-state index in [1.165, 1.54) is 90.0 Å². The van der Waals surface area contributed by atoms with Crippen molar-refractivity contribution in [3.63, 3.8) is 0 Å². The van der Waals surface area contributed by atoms with E-state index in [0.717, 1.165) is 12.8 Å². The highest BCUT2D eigenvalue weighted by atomic mass is 16.7. The van der Waals surface area contributed by atoms with Gasteiger partial charge in [0.05, 0.1) is 13.2 Å². The van der Waals surface area contributed by atoms with Crippen molar-refractivity contribution in [3.8, 4) is 0 Å². The van der Waals surface area contributed by atoms with Crippen molar-refractivity contribution in [2.24, 2.45) is 0 Å². The number of carbonyl (C=O) groups is 2. The van der Waals surface area contributed by atoms with Crippen molar-refractivity contribution >= 4 is 11.9 Å². The number of unbranched alkanes of at least 4 members (excludes halogenated alkanes) is 14. The molecule has 0 radical (unpaired) electrons. The van der Waals surface area contributed by atoms with Gasteiger partial charge in [0.25, 0.3) is 0 Å². The lowest BCUT2D eigenvalue weighted by atomic mass is 9.96. The summed E-state index contributed by atoms with van der Waals surface area (Å²) in [5.41, 5.74) is 0. The van der Waals surface area contributed by atoms with Crippen LogP contribution in [0.15, 0.2) is 12.7 Å². The summed E-state index contributed by atoms with van der Waals surface area (Å²) in [6.07, 6.45) is 16.1. The van der Waals surface area contributed by atoms with Crippen LogP contribution < -0.4 is 5.32 Å². The Morgan fingerprint density at radius 3 is 1.89 bits per heavy atom. The van der Waals surface area contributed by atoms with E-state index in [4.69, 9.17) is 14.2 Å². The predicted molar refractivity (Wildman–Crippen MR) is 145 cm³/mol. The highest BCUT2D eigenvalue weighted by Gasteiger charge is 2.48. The summed E-state index contributed by atoms with van der Waals surface area (Å²) in [6, 6.07) is -0.903. The van der Waals surface area contributed by atoms with E-state index in [0.29, 0.717) is 6.42 Å². The van der Waals surface area contributed by atoms with Gasteiger partial charge in [-0.05, 0) is 6.42 Å². The highest BCUT2D eigenvalue weighted by Crippen LogP contribution is 2.25. The maximum Gasteiger partial charge on any atom is 0.306 e. The number of amides is 1. The molecule has 0 bridgehead atoms. The molecule has 0 aromatic heterocycles. The first-order chi connectivity index (χ1) is 17.9. The van der Waals surface area contributed by atoms with Crippen LogP contribution in [0.1, 0.15) is 117 Å². The van der Waals surface area contributed by atoms with Crippen molar-refractivity contribution in [1.82, 2.24) is 5.32 Å². The molecule has 1 aliphatic rings. The zero-order valence-corrected chi connectivity index (χ0v) is 23.3. The number of hydrogen-bond donors (Lipinski definition) is 3. The van der Waals surface area contributed by atoms with Gasteiger partial charge in [-0.15, -0.1) is 6.58 Å². The van der Waals surface area contributed by atoms with Crippen molar-refractivity contribution in [3.05, 3.63) is 12.7 Å². The molecule has 216 valence electrons. The normalized spacial score (nSPS) is 23.5. The molecule has 8 nitrogen and oxygen atoms in total. The molecule has 5 atom stereocenters. The molecule has 0 aliphatic carbocycles. The van der Waals surface area contributed by atoms with E-state index in [1.54, 1.807) is 0 Å². The van der Waals surface area contributed by atoms with Crippen LogP contribution in [0.5, 0.6) is 0 Å². The van der Waals surface area contributed by atoms with Crippen molar-refractivity contribution in [1.29, 1.82) is 0 Å². The largest absolute Gasteiger partial charge is 0.457 e. The van der Waals surface area contributed by atoms with Crippen LogP contribution in [-0.4, -0.2) is 65.9 Å². The van der Waals surface area contributed by atoms with Crippen LogP contribution >= 0.6 is 0 Å². The molecule has 0 aromatic carbocycles. The number of rotatable bonds is 22. The fourth-order valence-electron chi connectivity index (χ4n) is 4.75. The molecule has 1 rings (SSSR count). The molecular formula is C29H53NO7. The SMILES string of the molecule is C=CCO[C@H]1O[C@H](CO)[C@@H](O)[C@H](OC(=O)CCCCCCCCCCCCCCCCC)[C@H]1NC(C)=O. The molecule has 0 aromatic rings. The molecule has 8 heteroatoms. The molecule has 0 spiro atoms. The molecule has 1 saturated heterocycles. The van der Waals surface area contributed by atoms with E-state index in [1.807, 2.05) is 0 Å². The van der Waals surface area contributed by atoms with Gasteiger partial charge in [0.1, 0.15) is 18.2 Å². The number of nitrogens with one attached hydrogen (secondary N) is 1. The number of aliphatic hydroxyl groups is 2. The Bertz CT molecular complexity index is 615. The minimum absolute atomic E-state index is 0.134. The Morgan fingerprint density at radius 2 is 1.43 bits per heavy atom. The van der Waals surface area contributed by atoms with Gasteiger partial charge in [0.2, 0.25) is 5.91 Å². The van der Waals surface area contributed by atoms with Gasteiger partial charge in [0.15, 0.2) is 12.4 Å². The third-order valence-electron chi connectivity index (χ3n) is 6.85. The van der Waals surface area contributed by atoms with Crippen LogP contribution in [0.3, 0.4) is 0 Å². The van der Waals surface area contributed by atoms with Gasteiger partial charge < -0.3 is 29.7 Å². The number of carbonyl (C=O) groups excluding carboxylic acids is 2. The average molecular weight is 528 g/mol. The molecule has 1 fully saturated rings. The lowest BCUT2D eigenvalue weighted by Gasteiger charge is -2.43. The fourth-order valence-corrected chi connectivity index (χ4v) is 4.75. The summed E-state index contributed by atoms with van der Waals surface area (Å²) in [5.74, 6) is -0.825. The number of ether oxygens (including phenoxy) is 3. The minimum Gasteiger partial charge on any atom is -0.457 e. The summed E-state index contributed by atoms with van der Waals surface area (Å²) < 4.78 is 16.7. The van der Waals surface area contributed by atoms with E-state index < -0.39 is 43.2 Å². The smallest absolute Gasteiger partial charge is 0.306 e. The van der Waals surface area contributed by atoms with Crippen LogP contribution in [-0.2, 0) is 23.8 Å². The maximum atomic E-state index is 12.5. The number of esters is 1. The Kier molecular flexibility index (Phi) is 19.5. The summed E-state index contributed by atoms with van der Waals surface area (Å²) >= 11 is 0. The van der Waals surface area contributed by atoms with Gasteiger partial charge >= 0.3 is 5.97 Å². The second-order valence-corrected chi connectivity index (χ2v) is 10.2. The molecule has 3 N–H and O–H groups in total. The van der Waals surface area contributed by atoms with Gasteiger partial charge in [-0.25, -0.2) is 0 Å². The molecule has 1 amide bonds. The Hall–Kier alpha value is -1.48. The van der Waals surface area contributed by atoms with Crippen molar-refractivity contribution in [2.45, 2.75) is 147 Å². The maximum absolute atomic E-state index is 12.5. The second-order valence-electron chi connectivity index (χ2n) is 10.2. The Labute approximate surface area is 224 Å². The molecule has 1 heterocycles. The molecule has 37 heavy (non-hydrogen) atoms. The number of aliphatic hydroxyl groups excluding tert-OH is 2. The summed E-state index contributed by atoms with van der Waals surface area (Å²) in [4.78, 5) is 24.3. The van der Waals surface area contributed by atoms with Crippen LogP contribution in [0, 0.1) is 0 Å². The van der Waals surface area contributed by atoms with Crippen molar-refractivity contribution in [2.75, 3.05) is 13.2 Å². The van der Waals surface area contributed by atoms with E-state index in [-0.39, 0.29) is 18.9 Å². The fraction of sp³-hybridized carbons (Fsp3) is 0.862. The monoisotopic (exact) mass is 527 g/mol. The molecule has 0 unspecified atom stereocenters. The van der Waals surface area contributed by atoms with Crippen LogP contribution in [0.2, 0.25) is 0 Å². The van der Waals surface area contributed by atoms with Gasteiger partial charge in [-0.1, -0.05) is 103 Å². The highest BCUT2D eigenvalue weighted by molar-refractivity contribution is 5.73. The first-order valence-corrected chi connectivity index (χ1v) is 14.6. The zero-order chi connectivity index (χ0) is 27.3. The topological polar surface area (TPSA) is 114 Å². The first-order valence-electron chi connectivity index (χ1n) is 14.6. The van der Waals surface area contributed by atoms with Gasteiger partial charge in [0, 0.05) is 13.3 Å². The van der Waals surface area contributed by atoms with Crippen LogP contribution in [0.25, 0.3) is 0 Å². The Morgan fingerprint density at radius 1 is 0.919 bits per heavy atom. The Balaban J connectivity index is 2.26. The van der Waals surface area contributed by atoms with E-state index >= 15 is 0 Å². The zero-order valence-electron chi connectivity index (χ0n) is 23.3. The van der Waals surface area contributed by atoms with E-state index in [9.17, 15) is 19.8 Å². The van der Waals surface area contributed by atoms with Gasteiger partial charge in [-0.2, -0.15) is 0 Å². The molecule has 1 aliphatic heterocycles. The third kappa shape index (κ3) is 14.9.